The predicted octanol–water partition coefficient (Wildman–Crippen LogP) is 1.02. The third-order valence-electron chi connectivity index (χ3n) is 2.81. The van der Waals surface area contributed by atoms with Gasteiger partial charge in [-0.1, -0.05) is 13.8 Å². The van der Waals surface area contributed by atoms with E-state index in [1.54, 1.807) is 27.7 Å². The van der Waals surface area contributed by atoms with Crippen molar-refractivity contribution in [1.29, 1.82) is 0 Å². The Morgan fingerprint density at radius 2 is 1.94 bits per heavy atom. The minimum Gasteiger partial charge on any atom is -0.481 e. The standard InChI is InChI=1S/C11H17NO4/c1-10(2)5-7(13)12(9(10)16)11(3,4)6-8(14)15/h5-6H2,1-4H3,(H,14,15). The minimum absolute atomic E-state index is 0.148. The number of carboxylic acids is 1. The molecule has 90 valence electrons. The molecule has 0 atom stereocenters. The molecule has 0 spiro atoms. The van der Waals surface area contributed by atoms with Gasteiger partial charge in [0.15, 0.2) is 0 Å². The van der Waals surface area contributed by atoms with Crippen LogP contribution in [0.15, 0.2) is 0 Å². The van der Waals surface area contributed by atoms with Crippen molar-refractivity contribution in [3.8, 4) is 0 Å². The fourth-order valence-corrected chi connectivity index (χ4v) is 2.01. The van der Waals surface area contributed by atoms with Gasteiger partial charge in [-0.3, -0.25) is 19.3 Å². The molecule has 0 unspecified atom stereocenters. The largest absolute Gasteiger partial charge is 0.481 e. The van der Waals surface area contributed by atoms with Crippen molar-refractivity contribution in [2.75, 3.05) is 0 Å². The summed E-state index contributed by atoms with van der Waals surface area (Å²) in [5.41, 5.74) is -1.68. The van der Waals surface area contributed by atoms with Gasteiger partial charge in [0.25, 0.3) is 0 Å². The van der Waals surface area contributed by atoms with Crippen molar-refractivity contribution >= 4 is 17.8 Å². The van der Waals surface area contributed by atoms with Crippen LogP contribution in [0.3, 0.4) is 0 Å². The van der Waals surface area contributed by atoms with E-state index >= 15 is 0 Å². The molecule has 2 amide bonds. The summed E-state index contributed by atoms with van der Waals surface area (Å²) in [6.45, 7) is 6.59. The molecule has 0 aromatic heterocycles. The molecule has 1 heterocycles. The van der Waals surface area contributed by atoms with E-state index in [9.17, 15) is 14.4 Å². The number of carbonyl (C=O) groups excluding carboxylic acids is 2. The van der Waals surface area contributed by atoms with Gasteiger partial charge in [0.05, 0.1) is 17.4 Å². The van der Waals surface area contributed by atoms with Crippen LogP contribution in [0.5, 0.6) is 0 Å². The lowest BCUT2D eigenvalue weighted by atomic mass is 9.91. The molecule has 0 aromatic rings. The number of carboxylic acid groups (broad SMARTS) is 1. The Balaban J connectivity index is 3.01. The summed E-state index contributed by atoms with van der Waals surface area (Å²) in [5, 5.41) is 8.76. The van der Waals surface area contributed by atoms with Crippen LogP contribution in [0.2, 0.25) is 0 Å². The highest BCUT2D eigenvalue weighted by molar-refractivity contribution is 6.06. The third-order valence-corrected chi connectivity index (χ3v) is 2.81. The number of nitrogens with zero attached hydrogens (tertiary/aromatic N) is 1. The predicted molar refractivity (Wildman–Crippen MR) is 56.6 cm³/mol. The Bertz CT molecular complexity index is 357. The number of amides is 2. The Kier molecular flexibility index (Phi) is 2.83. The van der Waals surface area contributed by atoms with E-state index in [0.717, 1.165) is 4.90 Å². The molecule has 1 rings (SSSR count). The Morgan fingerprint density at radius 1 is 1.44 bits per heavy atom. The molecule has 5 nitrogen and oxygen atoms in total. The second-order valence-corrected chi connectivity index (χ2v) is 5.48. The Morgan fingerprint density at radius 3 is 2.25 bits per heavy atom. The molecule has 0 saturated carbocycles. The first-order chi connectivity index (χ1) is 7.08. The normalized spacial score (nSPS) is 20.4. The third kappa shape index (κ3) is 2.08. The van der Waals surface area contributed by atoms with Crippen molar-refractivity contribution in [1.82, 2.24) is 4.90 Å². The molecule has 1 N–H and O–H groups in total. The highest BCUT2D eigenvalue weighted by atomic mass is 16.4. The van der Waals surface area contributed by atoms with Crippen molar-refractivity contribution < 1.29 is 19.5 Å². The topological polar surface area (TPSA) is 74.7 Å². The van der Waals surface area contributed by atoms with Crippen LogP contribution in [0.4, 0.5) is 0 Å². The molecule has 0 aromatic carbocycles. The second kappa shape index (κ2) is 3.57. The minimum atomic E-state index is -1.02. The maximum atomic E-state index is 12.0. The molecule has 1 aliphatic rings. The van der Waals surface area contributed by atoms with Gasteiger partial charge in [0.2, 0.25) is 11.8 Å². The molecule has 5 heteroatoms. The van der Waals surface area contributed by atoms with E-state index in [1.807, 2.05) is 0 Å². The van der Waals surface area contributed by atoms with Crippen molar-refractivity contribution in [3.63, 3.8) is 0 Å². The molecular formula is C11H17NO4. The summed E-state index contributed by atoms with van der Waals surface area (Å²) < 4.78 is 0. The molecule has 1 saturated heterocycles. The zero-order chi connectivity index (χ0) is 12.7. The molecular weight excluding hydrogens is 210 g/mol. The maximum Gasteiger partial charge on any atom is 0.305 e. The number of aliphatic carboxylic acids is 1. The Hall–Kier alpha value is -1.39. The maximum absolute atomic E-state index is 12.0. The zero-order valence-electron chi connectivity index (χ0n) is 10.0. The lowest BCUT2D eigenvalue weighted by molar-refractivity contribution is -0.150. The first-order valence-electron chi connectivity index (χ1n) is 5.17. The molecule has 1 aliphatic heterocycles. The summed E-state index contributed by atoms with van der Waals surface area (Å²) in [5.74, 6) is -1.60. The number of likely N-dealkylation sites (tertiary alicyclic amines) is 1. The van der Waals surface area contributed by atoms with Crippen LogP contribution in [0.25, 0.3) is 0 Å². The van der Waals surface area contributed by atoms with Gasteiger partial charge in [-0.2, -0.15) is 0 Å². The van der Waals surface area contributed by atoms with Gasteiger partial charge in [0.1, 0.15) is 0 Å². The number of imide groups is 1. The number of hydrogen-bond acceptors (Lipinski definition) is 3. The van der Waals surface area contributed by atoms with Crippen molar-refractivity contribution in [2.45, 2.75) is 46.1 Å². The fourth-order valence-electron chi connectivity index (χ4n) is 2.01. The highest BCUT2D eigenvalue weighted by Gasteiger charge is 2.50. The number of carbonyl (C=O) groups is 3. The summed E-state index contributed by atoms with van der Waals surface area (Å²) in [6.07, 6.45) is -0.0879. The fraction of sp³-hybridized carbons (Fsp3) is 0.727. The summed E-state index contributed by atoms with van der Waals surface area (Å²) in [6, 6.07) is 0. The van der Waals surface area contributed by atoms with E-state index in [0.29, 0.717) is 0 Å². The quantitative estimate of drug-likeness (QED) is 0.730. The van der Waals surface area contributed by atoms with E-state index in [1.165, 1.54) is 0 Å². The van der Waals surface area contributed by atoms with Gasteiger partial charge in [-0.25, -0.2) is 0 Å². The summed E-state index contributed by atoms with van der Waals surface area (Å²) in [4.78, 5) is 35.5. The van der Waals surface area contributed by atoms with Crippen LogP contribution in [-0.2, 0) is 14.4 Å². The molecule has 16 heavy (non-hydrogen) atoms. The van der Waals surface area contributed by atoms with Crippen LogP contribution in [0, 0.1) is 5.41 Å². The molecule has 0 radical (unpaired) electrons. The lowest BCUT2D eigenvalue weighted by Crippen LogP contribution is -2.49. The highest BCUT2D eigenvalue weighted by Crippen LogP contribution is 2.37. The van der Waals surface area contributed by atoms with Crippen LogP contribution in [-0.4, -0.2) is 33.3 Å². The van der Waals surface area contributed by atoms with Crippen LogP contribution in [0.1, 0.15) is 40.5 Å². The SMILES string of the molecule is CC1(C)CC(=O)N(C(C)(C)CC(=O)O)C1=O. The first-order valence-corrected chi connectivity index (χ1v) is 5.17. The van der Waals surface area contributed by atoms with Gasteiger partial charge < -0.3 is 5.11 Å². The molecule has 1 fully saturated rings. The average Bonchev–Trinajstić information content (AvgIpc) is 2.17. The van der Waals surface area contributed by atoms with Gasteiger partial charge >= 0.3 is 5.97 Å². The zero-order valence-corrected chi connectivity index (χ0v) is 10.0. The van der Waals surface area contributed by atoms with Gasteiger partial charge in [0, 0.05) is 6.42 Å². The number of hydrogen-bond donors (Lipinski definition) is 1. The molecule has 0 aliphatic carbocycles. The Labute approximate surface area is 94.4 Å². The average molecular weight is 227 g/mol. The van der Waals surface area contributed by atoms with Gasteiger partial charge in [-0.05, 0) is 13.8 Å². The molecule has 0 bridgehead atoms. The summed E-state index contributed by atoms with van der Waals surface area (Å²) in [7, 11) is 0. The van der Waals surface area contributed by atoms with Crippen LogP contribution < -0.4 is 0 Å². The van der Waals surface area contributed by atoms with Crippen LogP contribution >= 0.6 is 0 Å². The van der Waals surface area contributed by atoms with E-state index < -0.39 is 16.9 Å². The van der Waals surface area contributed by atoms with Crippen molar-refractivity contribution in [3.05, 3.63) is 0 Å². The van der Waals surface area contributed by atoms with E-state index in [-0.39, 0.29) is 24.7 Å². The van der Waals surface area contributed by atoms with Crippen molar-refractivity contribution in [2.24, 2.45) is 5.41 Å². The summed E-state index contributed by atoms with van der Waals surface area (Å²) >= 11 is 0. The second-order valence-electron chi connectivity index (χ2n) is 5.48. The number of rotatable bonds is 3. The van der Waals surface area contributed by atoms with Gasteiger partial charge in [-0.15, -0.1) is 0 Å². The smallest absolute Gasteiger partial charge is 0.305 e. The van der Waals surface area contributed by atoms with E-state index in [2.05, 4.69) is 0 Å². The first kappa shape index (κ1) is 12.7. The lowest BCUT2D eigenvalue weighted by Gasteiger charge is -2.33. The monoisotopic (exact) mass is 227 g/mol. The van der Waals surface area contributed by atoms with E-state index in [4.69, 9.17) is 5.11 Å².